The predicted molar refractivity (Wildman–Crippen MR) is 90.6 cm³/mol. The highest BCUT2D eigenvalue weighted by Crippen LogP contribution is 2.18. The first-order valence-electron chi connectivity index (χ1n) is 7.90. The SMILES string of the molecule is O=C(NC[C@@H]1CC=CCC1)C(=O)Nc1ccc2oc(=O)ccc2c1. The molecule has 0 spiro atoms. The molecule has 1 aliphatic rings. The van der Waals surface area contributed by atoms with Crippen LogP contribution in [0.3, 0.4) is 0 Å². The fourth-order valence-electron chi connectivity index (χ4n) is 2.70. The molecule has 1 atom stereocenters. The zero-order valence-electron chi connectivity index (χ0n) is 13.1. The standard InChI is InChI=1S/C18H18N2O4/c21-16-9-6-13-10-14(7-8-15(13)24-16)20-18(23)17(22)19-11-12-4-2-1-3-5-12/h1-2,6-10,12H,3-5,11H2,(H,19,22)(H,20,23)/t12-/m1/s1. The third-order valence-corrected chi connectivity index (χ3v) is 4.01. The predicted octanol–water partition coefficient (Wildman–Crippen LogP) is 2.20. The molecule has 0 aliphatic heterocycles. The van der Waals surface area contributed by atoms with Crippen LogP contribution in [-0.2, 0) is 9.59 Å². The molecule has 0 bridgehead atoms. The molecule has 6 nitrogen and oxygen atoms in total. The molecule has 2 amide bonds. The Morgan fingerprint density at radius 2 is 2.00 bits per heavy atom. The summed E-state index contributed by atoms with van der Waals surface area (Å²) in [6, 6.07) is 7.73. The van der Waals surface area contributed by atoms with Crippen molar-refractivity contribution in [2.75, 3.05) is 11.9 Å². The highest BCUT2D eigenvalue weighted by Gasteiger charge is 2.16. The Kier molecular flexibility index (Phi) is 4.74. The van der Waals surface area contributed by atoms with Gasteiger partial charge in [0.15, 0.2) is 0 Å². The van der Waals surface area contributed by atoms with Gasteiger partial charge in [-0.25, -0.2) is 4.79 Å². The zero-order chi connectivity index (χ0) is 16.9. The molecular weight excluding hydrogens is 308 g/mol. The Bertz CT molecular complexity index is 853. The summed E-state index contributed by atoms with van der Waals surface area (Å²) in [5, 5.41) is 5.89. The molecule has 124 valence electrons. The van der Waals surface area contributed by atoms with E-state index >= 15 is 0 Å². The topological polar surface area (TPSA) is 88.4 Å². The van der Waals surface area contributed by atoms with Crippen LogP contribution in [0.5, 0.6) is 0 Å². The summed E-state index contributed by atoms with van der Waals surface area (Å²) in [5.41, 5.74) is 0.462. The van der Waals surface area contributed by atoms with E-state index in [4.69, 9.17) is 4.42 Å². The summed E-state index contributed by atoms with van der Waals surface area (Å²) < 4.78 is 5.02. The number of hydrogen-bond acceptors (Lipinski definition) is 4. The second-order valence-electron chi connectivity index (χ2n) is 5.82. The number of rotatable bonds is 3. The molecule has 2 N–H and O–H groups in total. The van der Waals surface area contributed by atoms with Gasteiger partial charge in [-0.15, -0.1) is 0 Å². The summed E-state index contributed by atoms with van der Waals surface area (Å²) in [4.78, 5) is 35.0. The van der Waals surface area contributed by atoms with Gasteiger partial charge in [0.2, 0.25) is 0 Å². The number of nitrogens with one attached hydrogen (secondary N) is 2. The Hall–Kier alpha value is -2.89. The Morgan fingerprint density at radius 3 is 2.79 bits per heavy atom. The van der Waals surface area contributed by atoms with Gasteiger partial charge in [-0.05, 0) is 49.4 Å². The third-order valence-electron chi connectivity index (χ3n) is 4.01. The maximum Gasteiger partial charge on any atom is 0.336 e. The molecule has 1 heterocycles. The van der Waals surface area contributed by atoms with Gasteiger partial charge in [0, 0.05) is 23.7 Å². The van der Waals surface area contributed by atoms with Crippen molar-refractivity contribution < 1.29 is 14.0 Å². The van der Waals surface area contributed by atoms with E-state index in [0.29, 0.717) is 29.1 Å². The van der Waals surface area contributed by atoms with E-state index in [0.717, 1.165) is 19.3 Å². The van der Waals surface area contributed by atoms with Crippen LogP contribution in [-0.4, -0.2) is 18.4 Å². The monoisotopic (exact) mass is 326 g/mol. The summed E-state index contributed by atoms with van der Waals surface area (Å²) in [5.74, 6) is -0.974. The van der Waals surface area contributed by atoms with E-state index in [1.54, 1.807) is 24.3 Å². The van der Waals surface area contributed by atoms with E-state index in [2.05, 4.69) is 22.8 Å². The molecule has 0 radical (unpaired) electrons. The molecule has 24 heavy (non-hydrogen) atoms. The Balaban J connectivity index is 1.59. The number of hydrogen-bond donors (Lipinski definition) is 2. The summed E-state index contributed by atoms with van der Waals surface area (Å²) >= 11 is 0. The second-order valence-corrected chi connectivity index (χ2v) is 5.82. The molecule has 1 aliphatic carbocycles. The lowest BCUT2D eigenvalue weighted by molar-refractivity contribution is -0.136. The van der Waals surface area contributed by atoms with Gasteiger partial charge in [-0.1, -0.05) is 12.2 Å². The van der Waals surface area contributed by atoms with E-state index in [-0.39, 0.29) is 0 Å². The van der Waals surface area contributed by atoms with Gasteiger partial charge in [0.05, 0.1) is 0 Å². The second kappa shape index (κ2) is 7.12. The molecule has 0 unspecified atom stereocenters. The molecule has 0 saturated heterocycles. The van der Waals surface area contributed by atoms with E-state index < -0.39 is 17.4 Å². The molecule has 3 rings (SSSR count). The van der Waals surface area contributed by atoms with Crippen LogP contribution >= 0.6 is 0 Å². The third kappa shape index (κ3) is 3.90. The molecular formula is C18H18N2O4. The Labute approximate surface area is 138 Å². The lowest BCUT2D eigenvalue weighted by Crippen LogP contribution is -2.38. The van der Waals surface area contributed by atoms with Crippen molar-refractivity contribution in [3.63, 3.8) is 0 Å². The maximum absolute atomic E-state index is 12.0. The van der Waals surface area contributed by atoms with Crippen molar-refractivity contribution in [2.24, 2.45) is 5.92 Å². The van der Waals surface area contributed by atoms with Gasteiger partial charge < -0.3 is 15.1 Å². The van der Waals surface area contributed by atoms with Crippen molar-refractivity contribution in [3.8, 4) is 0 Å². The van der Waals surface area contributed by atoms with Crippen molar-refractivity contribution in [2.45, 2.75) is 19.3 Å². The highest BCUT2D eigenvalue weighted by atomic mass is 16.4. The minimum atomic E-state index is -0.710. The minimum Gasteiger partial charge on any atom is -0.423 e. The lowest BCUT2D eigenvalue weighted by Gasteiger charge is -2.17. The van der Waals surface area contributed by atoms with Crippen LogP contribution in [0.2, 0.25) is 0 Å². The first-order valence-corrected chi connectivity index (χ1v) is 7.90. The zero-order valence-corrected chi connectivity index (χ0v) is 13.1. The van der Waals surface area contributed by atoms with E-state index in [1.807, 2.05) is 0 Å². The van der Waals surface area contributed by atoms with Crippen molar-refractivity contribution in [1.29, 1.82) is 0 Å². The fraction of sp³-hybridized carbons (Fsp3) is 0.278. The maximum atomic E-state index is 12.0. The van der Waals surface area contributed by atoms with Gasteiger partial charge >= 0.3 is 17.4 Å². The summed E-state index contributed by atoms with van der Waals surface area (Å²) in [6.45, 7) is 0.499. The first kappa shape index (κ1) is 16.0. The van der Waals surface area contributed by atoms with Crippen LogP contribution in [0.25, 0.3) is 11.0 Å². The van der Waals surface area contributed by atoms with Crippen molar-refractivity contribution >= 4 is 28.5 Å². The lowest BCUT2D eigenvalue weighted by atomic mass is 9.94. The molecule has 2 aromatic rings. The van der Waals surface area contributed by atoms with Gasteiger partial charge in [-0.3, -0.25) is 9.59 Å². The molecule has 0 saturated carbocycles. The summed E-state index contributed by atoms with van der Waals surface area (Å²) in [7, 11) is 0. The van der Waals surface area contributed by atoms with Crippen molar-refractivity contribution in [3.05, 3.63) is 52.9 Å². The quantitative estimate of drug-likeness (QED) is 0.514. The van der Waals surface area contributed by atoms with Crippen LogP contribution in [0.1, 0.15) is 19.3 Å². The van der Waals surface area contributed by atoms with E-state index in [9.17, 15) is 14.4 Å². The molecule has 1 aromatic heterocycles. The van der Waals surface area contributed by atoms with Crippen LogP contribution < -0.4 is 16.3 Å². The molecule has 6 heteroatoms. The van der Waals surface area contributed by atoms with Gasteiger partial charge in [-0.2, -0.15) is 0 Å². The molecule has 0 fully saturated rings. The molecule has 1 aromatic carbocycles. The van der Waals surface area contributed by atoms with Crippen LogP contribution in [0.15, 0.2) is 51.7 Å². The number of carbonyl (C=O) groups excluding carboxylic acids is 2. The number of allylic oxidation sites excluding steroid dienone is 2. The number of anilines is 1. The number of fused-ring (bicyclic) bond motifs is 1. The number of benzene rings is 1. The number of amides is 2. The smallest absolute Gasteiger partial charge is 0.336 e. The van der Waals surface area contributed by atoms with Crippen LogP contribution in [0.4, 0.5) is 5.69 Å². The van der Waals surface area contributed by atoms with Gasteiger partial charge in [0.25, 0.3) is 0 Å². The van der Waals surface area contributed by atoms with E-state index in [1.165, 1.54) is 6.07 Å². The first-order chi connectivity index (χ1) is 11.6. The normalized spacial score (nSPS) is 16.8. The summed E-state index contributed by atoms with van der Waals surface area (Å²) in [6.07, 6.45) is 7.20. The van der Waals surface area contributed by atoms with Gasteiger partial charge in [0.1, 0.15) is 5.58 Å². The Morgan fingerprint density at radius 1 is 1.12 bits per heavy atom. The van der Waals surface area contributed by atoms with Crippen LogP contribution in [0, 0.1) is 5.92 Å². The number of carbonyl (C=O) groups is 2. The average molecular weight is 326 g/mol. The average Bonchev–Trinajstić information content (AvgIpc) is 2.60. The van der Waals surface area contributed by atoms with Crippen molar-refractivity contribution in [1.82, 2.24) is 5.32 Å². The minimum absolute atomic E-state index is 0.385. The largest absolute Gasteiger partial charge is 0.423 e. The highest BCUT2D eigenvalue weighted by molar-refractivity contribution is 6.39. The fourth-order valence-corrected chi connectivity index (χ4v) is 2.70.